The van der Waals surface area contributed by atoms with Crippen molar-refractivity contribution < 1.29 is 25.2 Å². The van der Waals surface area contributed by atoms with Crippen LogP contribution in [-0.4, -0.2) is 19.6 Å². The molecule has 0 unspecified atom stereocenters. The van der Waals surface area contributed by atoms with E-state index in [2.05, 4.69) is 105 Å². The Morgan fingerprint density at radius 1 is 0.833 bits per heavy atom. The van der Waals surface area contributed by atoms with Crippen LogP contribution in [0.1, 0.15) is 61.9 Å². The molecule has 217 valence electrons. The number of pyridine rings is 1. The fraction of sp³-hybridized carbons (Fsp3) is 0.243. The summed E-state index contributed by atoms with van der Waals surface area (Å²) in [5, 5.41) is 12.5. The second kappa shape index (κ2) is 13.0. The molecule has 1 radical (unpaired) electrons. The molecule has 0 atom stereocenters. The molecular weight excluding hydrogens is 695 g/mol. The maximum absolute atomic E-state index is 10.0. The van der Waals surface area contributed by atoms with Crippen molar-refractivity contribution in [2.45, 2.75) is 60.4 Å². The summed E-state index contributed by atoms with van der Waals surface area (Å²) in [6, 6.07) is 30.1. The fourth-order valence-electron chi connectivity index (χ4n) is 5.63. The van der Waals surface area contributed by atoms with E-state index in [0.717, 1.165) is 39.2 Å². The van der Waals surface area contributed by atoms with Gasteiger partial charge >= 0.3 is 0 Å². The van der Waals surface area contributed by atoms with Crippen molar-refractivity contribution in [3.05, 3.63) is 113 Å². The molecule has 0 aliphatic heterocycles. The Kier molecular flexibility index (Phi) is 9.66. The standard InChI is InChI=1S/C21H22N.C16H16N2O.Ir/c1-13(2)19-12-17-6-7-22-21(20(17)11-16(19)5)18-9-14(3)8-15(4)10-18;1-11(2)18-14-9-5-4-8-13(14)17-16(18)12-7-3-6-10-15(12)19;/h6-9,11-13H,1-5H3;3-11,19H,1-2H3;/q-1;;. The van der Waals surface area contributed by atoms with E-state index in [9.17, 15) is 5.11 Å². The van der Waals surface area contributed by atoms with Gasteiger partial charge in [0.15, 0.2) is 0 Å². The van der Waals surface area contributed by atoms with Crippen LogP contribution >= 0.6 is 0 Å². The van der Waals surface area contributed by atoms with Crippen LogP contribution in [-0.2, 0) is 20.1 Å². The quantitative estimate of drug-likeness (QED) is 0.184. The van der Waals surface area contributed by atoms with Gasteiger partial charge in [-0.25, -0.2) is 4.98 Å². The number of imidazole rings is 1. The van der Waals surface area contributed by atoms with E-state index in [4.69, 9.17) is 0 Å². The van der Waals surface area contributed by atoms with Gasteiger partial charge in [-0.2, -0.15) is 0 Å². The zero-order chi connectivity index (χ0) is 29.3. The Morgan fingerprint density at radius 2 is 1.55 bits per heavy atom. The molecule has 42 heavy (non-hydrogen) atoms. The van der Waals surface area contributed by atoms with E-state index in [1.165, 1.54) is 27.5 Å². The first-order valence-electron chi connectivity index (χ1n) is 14.3. The van der Waals surface area contributed by atoms with E-state index in [0.29, 0.717) is 5.92 Å². The largest absolute Gasteiger partial charge is 0.507 e. The number of hydrogen-bond donors (Lipinski definition) is 1. The van der Waals surface area contributed by atoms with Crippen LogP contribution in [0.2, 0.25) is 0 Å². The summed E-state index contributed by atoms with van der Waals surface area (Å²) in [6.07, 6.45) is 1.91. The van der Waals surface area contributed by atoms with Crippen LogP contribution in [0.5, 0.6) is 5.75 Å². The smallest absolute Gasteiger partial charge is 0.145 e. The van der Waals surface area contributed by atoms with Crippen molar-refractivity contribution in [1.29, 1.82) is 0 Å². The topological polar surface area (TPSA) is 50.9 Å². The second-order valence-corrected chi connectivity index (χ2v) is 11.4. The number of hydrogen-bond acceptors (Lipinski definition) is 3. The Morgan fingerprint density at radius 3 is 2.24 bits per heavy atom. The average molecular weight is 733 g/mol. The third-order valence-corrected chi connectivity index (χ3v) is 7.43. The summed E-state index contributed by atoms with van der Waals surface area (Å²) in [4.78, 5) is 9.31. The van der Waals surface area contributed by atoms with Gasteiger partial charge < -0.3 is 14.7 Å². The van der Waals surface area contributed by atoms with Gasteiger partial charge in [0.25, 0.3) is 0 Å². The van der Waals surface area contributed by atoms with Crippen LogP contribution in [0.3, 0.4) is 0 Å². The molecule has 0 amide bonds. The predicted molar refractivity (Wildman–Crippen MR) is 172 cm³/mol. The number of benzene rings is 4. The summed E-state index contributed by atoms with van der Waals surface area (Å²) in [5.41, 5.74) is 10.1. The molecule has 0 fully saturated rings. The zero-order valence-electron chi connectivity index (χ0n) is 25.4. The molecule has 5 heteroatoms. The van der Waals surface area contributed by atoms with Gasteiger partial charge in [0.05, 0.1) is 16.6 Å². The number of fused-ring (bicyclic) bond motifs is 2. The molecule has 0 spiro atoms. The maximum Gasteiger partial charge on any atom is 0.145 e. The number of para-hydroxylation sites is 3. The minimum atomic E-state index is 0. The third-order valence-electron chi connectivity index (χ3n) is 7.43. The van der Waals surface area contributed by atoms with Crippen molar-refractivity contribution >= 4 is 21.8 Å². The Labute approximate surface area is 262 Å². The van der Waals surface area contributed by atoms with Crippen LogP contribution in [0, 0.1) is 26.8 Å². The van der Waals surface area contributed by atoms with Crippen molar-refractivity contribution in [3.63, 3.8) is 0 Å². The van der Waals surface area contributed by atoms with Crippen molar-refractivity contribution in [3.8, 4) is 28.4 Å². The van der Waals surface area contributed by atoms with Gasteiger partial charge in [-0.1, -0.05) is 64.1 Å². The van der Waals surface area contributed by atoms with E-state index in [1.807, 2.05) is 42.6 Å². The number of nitrogens with zero attached hydrogens (tertiary/aromatic N) is 3. The number of aromatic nitrogens is 3. The molecule has 4 nitrogen and oxygen atoms in total. The number of rotatable bonds is 4. The summed E-state index contributed by atoms with van der Waals surface area (Å²) >= 11 is 0. The molecule has 1 N–H and O–H groups in total. The summed E-state index contributed by atoms with van der Waals surface area (Å²) in [7, 11) is 0. The predicted octanol–water partition coefficient (Wildman–Crippen LogP) is 9.74. The SMILES string of the molecule is CC(C)n1c(-c2ccccc2O)nc2ccccc21.Cc1[c-]c(-c2nccc3cc(C(C)C)c(C)cc23)cc(C)c1.[Ir]. The molecule has 0 bridgehead atoms. The molecule has 0 aliphatic rings. The first kappa shape index (κ1) is 31.2. The van der Waals surface area contributed by atoms with Gasteiger partial charge in [0, 0.05) is 32.3 Å². The third kappa shape index (κ3) is 6.33. The van der Waals surface area contributed by atoms with Crippen LogP contribution in [0.25, 0.3) is 44.5 Å². The number of phenols is 1. The molecule has 0 saturated heterocycles. The van der Waals surface area contributed by atoms with E-state index in [-0.39, 0.29) is 31.9 Å². The number of phenolic OH excluding ortho intramolecular Hbond substituents is 1. The fourth-order valence-corrected chi connectivity index (χ4v) is 5.63. The minimum Gasteiger partial charge on any atom is -0.507 e. The summed E-state index contributed by atoms with van der Waals surface area (Å²) in [6.45, 7) is 15.1. The molecule has 2 heterocycles. The van der Waals surface area contributed by atoms with Crippen LogP contribution in [0.4, 0.5) is 0 Å². The molecule has 0 saturated carbocycles. The van der Waals surface area contributed by atoms with Gasteiger partial charge in [-0.05, 0) is 84.6 Å². The molecular formula is C37H38IrN3O-. The zero-order valence-corrected chi connectivity index (χ0v) is 27.8. The van der Waals surface area contributed by atoms with Gasteiger partial charge in [-0.3, -0.25) is 0 Å². The van der Waals surface area contributed by atoms with Crippen LogP contribution in [0.15, 0.2) is 85.1 Å². The molecule has 6 aromatic rings. The second-order valence-electron chi connectivity index (χ2n) is 11.4. The molecule has 2 aromatic heterocycles. The van der Waals surface area contributed by atoms with E-state index in [1.54, 1.807) is 6.07 Å². The monoisotopic (exact) mass is 733 g/mol. The van der Waals surface area contributed by atoms with Gasteiger partial charge in [-0.15, -0.1) is 34.9 Å². The van der Waals surface area contributed by atoms with Crippen LogP contribution < -0.4 is 0 Å². The van der Waals surface area contributed by atoms with E-state index >= 15 is 0 Å². The summed E-state index contributed by atoms with van der Waals surface area (Å²) < 4.78 is 2.16. The van der Waals surface area contributed by atoms with Crippen molar-refractivity contribution in [1.82, 2.24) is 14.5 Å². The number of aryl methyl sites for hydroxylation is 3. The number of aromatic hydroxyl groups is 1. The van der Waals surface area contributed by atoms with Crippen molar-refractivity contribution in [2.75, 3.05) is 0 Å². The van der Waals surface area contributed by atoms with Gasteiger partial charge in [0.2, 0.25) is 0 Å². The average Bonchev–Trinajstić information content (AvgIpc) is 3.32. The Balaban J connectivity index is 0.000000190. The summed E-state index contributed by atoms with van der Waals surface area (Å²) in [5.74, 6) is 1.61. The molecule has 0 aliphatic carbocycles. The maximum atomic E-state index is 10.0. The Bertz CT molecular complexity index is 1830. The van der Waals surface area contributed by atoms with E-state index < -0.39 is 0 Å². The molecule has 4 aromatic carbocycles. The first-order chi connectivity index (χ1) is 19.6. The van der Waals surface area contributed by atoms with Gasteiger partial charge in [0.1, 0.15) is 11.6 Å². The van der Waals surface area contributed by atoms with Crippen molar-refractivity contribution in [2.24, 2.45) is 0 Å². The minimum absolute atomic E-state index is 0. The normalized spacial score (nSPS) is 11.1. The Hall–Kier alpha value is -3.79. The first-order valence-corrected chi connectivity index (χ1v) is 14.3. The molecule has 6 rings (SSSR count).